The molecule has 0 saturated carbocycles. The van der Waals surface area contributed by atoms with Gasteiger partial charge in [0.2, 0.25) is 0 Å². The number of aromatic nitrogens is 3. The van der Waals surface area contributed by atoms with Crippen LogP contribution in [0.5, 0.6) is 0 Å². The maximum absolute atomic E-state index is 5.79. The Labute approximate surface area is 121 Å². The van der Waals surface area contributed by atoms with Gasteiger partial charge >= 0.3 is 0 Å². The van der Waals surface area contributed by atoms with Crippen molar-refractivity contribution in [3.63, 3.8) is 0 Å². The summed E-state index contributed by atoms with van der Waals surface area (Å²) in [5.41, 5.74) is 0.994. The summed E-state index contributed by atoms with van der Waals surface area (Å²) in [5.74, 6) is 0.653. The molecule has 6 nitrogen and oxygen atoms in total. The van der Waals surface area contributed by atoms with E-state index < -0.39 is 0 Å². The van der Waals surface area contributed by atoms with E-state index in [1.165, 1.54) is 0 Å². The lowest BCUT2D eigenvalue weighted by atomic mass is 10.2. The lowest BCUT2D eigenvalue weighted by molar-refractivity contribution is -0.0360. The van der Waals surface area contributed by atoms with Crippen LogP contribution in [0.4, 0.5) is 0 Å². The molecule has 1 aliphatic heterocycles. The molecule has 0 radical (unpaired) electrons. The monoisotopic (exact) mass is 281 g/mol. The number of morpholine rings is 1. The summed E-state index contributed by atoms with van der Waals surface area (Å²) in [6.07, 6.45) is 2.24. The molecule has 0 amide bonds. The molecular formula is C14H27N5O. The van der Waals surface area contributed by atoms with E-state index in [0.29, 0.717) is 5.92 Å². The molecular weight excluding hydrogens is 254 g/mol. The molecule has 1 N–H and O–H groups in total. The van der Waals surface area contributed by atoms with Gasteiger partial charge in [-0.2, -0.15) is 0 Å². The second-order valence-electron chi connectivity index (χ2n) is 5.84. The van der Waals surface area contributed by atoms with Crippen molar-refractivity contribution < 1.29 is 4.74 Å². The first-order valence-electron chi connectivity index (χ1n) is 7.61. The lowest BCUT2D eigenvalue weighted by Gasteiger charge is -2.31. The van der Waals surface area contributed by atoms with Crippen molar-refractivity contribution in [1.82, 2.24) is 25.2 Å². The van der Waals surface area contributed by atoms with Gasteiger partial charge in [0.15, 0.2) is 0 Å². The molecule has 0 spiro atoms. The predicted molar refractivity (Wildman–Crippen MR) is 78.4 cm³/mol. The van der Waals surface area contributed by atoms with Crippen molar-refractivity contribution >= 4 is 0 Å². The first kappa shape index (κ1) is 15.4. The van der Waals surface area contributed by atoms with Gasteiger partial charge in [-0.25, -0.2) is 4.68 Å². The maximum atomic E-state index is 5.79. The zero-order valence-electron chi connectivity index (χ0n) is 12.9. The molecule has 2 heterocycles. The van der Waals surface area contributed by atoms with Crippen molar-refractivity contribution in [2.45, 2.75) is 40.0 Å². The van der Waals surface area contributed by atoms with Crippen LogP contribution in [0.1, 0.15) is 26.5 Å². The average Bonchev–Trinajstić information content (AvgIpc) is 2.86. The number of nitrogens with zero attached hydrogens (tertiary/aromatic N) is 4. The zero-order valence-corrected chi connectivity index (χ0v) is 12.9. The van der Waals surface area contributed by atoms with E-state index in [1.807, 2.05) is 10.9 Å². The Kier molecular flexibility index (Phi) is 5.94. The van der Waals surface area contributed by atoms with Gasteiger partial charge in [0.1, 0.15) is 0 Å². The Morgan fingerprint density at radius 3 is 3.10 bits per heavy atom. The highest BCUT2D eigenvalue weighted by Crippen LogP contribution is 2.07. The Hall–Kier alpha value is -0.980. The van der Waals surface area contributed by atoms with E-state index >= 15 is 0 Å². The second-order valence-corrected chi connectivity index (χ2v) is 5.84. The van der Waals surface area contributed by atoms with Crippen LogP contribution in [-0.2, 0) is 17.8 Å². The highest BCUT2D eigenvalue weighted by molar-refractivity contribution is 4.92. The van der Waals surface area contributed by atoms with Crippen LogP contribution < -0.4 is 5.32 Å². The van der Waals surface area contributed by atoms with Gasteiger partial charge in [0, 0.05) is 25.8 Å². The van der Waals surface area contributed by atoms with Crippen LogP contribution in [0.3, 0.4) is 0 Å². The fraction of sp³-hybridized carbons (Fsp3) is 0.857. The number of likely N-dealkylation sites (N-methyl/N-ethyl adjacent to an activating group) is 1. The lowest BCUT2D eigenvalue weighted by Crippen LogP contribution is -2.44. The fourth-order valence-corrected chi connectivity index (χ4v) is 2.38. The minimum absolute atomic E-state index is 0.224. The highest BCUT2D eigenvalue weighted by atomic mass is 16.5. The molecule has 1 unspecified atom stereocenters. The first-order valence-corrected chi connectivity index (χ1v) is 7.61. The van der Waals surface area contributed by atoms with E-state index in [2.05, 4.69) is 41.3 Å². The number of hydrogen-bond donors (Lipinski definition) is 1. The van der Waals surface area contributed by atoms with E-state index in [1.54, 1.807) is 0 Å². The van der Waals surface area contributed by atoms with E-state index in [9.17, 15) is 0 Å². The van der Waals surface area contributed by atoms with Gasteiger partial charge in [-0.15, -0.1) is 5.10 Å². The number of nitrogens with one attached hydrogen (secondary N) is 1. The normalized spacial score (nSPS) is 20.7. The molecule has 114 valence electrons. The topological polar surface area (TPSA) is 55.2 Å². The van der Waals surface area contributed by atoms with Crippen LogP contribution >= 0.6 is 0 Å². The van der Waals surface area contributed by atoms with E-state index in [0.717, 1.165) is 51.6 Å². The summed E-state index contributed by atoms with van der Waals surface area (Å²) in [5, 5.41) is 11.8. The molecule has 6 heteroatoms. The van der Waals surface area contributed by atoms with Crippen LogP contribution in [0.2, 0.25) is 0 Å². The molecule has 1 aromatic heterocycles. The van der Waals surface area contributed by atoms with Crippen molar-refractivity contribution in [3.05, 3.63) is 11.9 Å². The van der Waals surface area contributed by atoms with Crippen LogP contribution in [0.15, 0.2) is 6.20 Å². The van der Waals surface area contributed by atoms with Gasteiger partial charge in [-0.05, 0) is 19.0 Å². The summed E-state index contributed by atoms with van der Waals surface area (Å²) in [6, 6.07) is 0. The largest absolute Gasteiger partial charge is 0.374 e. The molecule has 0 aliphatic carbocycles. The predicted octanol–water partition coefficient (Wildman–Crippen LogP) is 0.744. The molecule has 0 bridgehead atoms. The number of hydrogen-bond acceptors (Lipinski definition) is 5. The summed E-state index contributed by atoms with van der Waals surface area (Å²) in [6.45, 7) is 13.1. The molecule has 1 atom stereocenters. The molecule has 1 aliphatic rings. The Morgan fingerprint density at radius 2 is 2.35 bits per heavy atom. The van der Waals surface area contributed by atoms with Gasteiger partial charge in [-0.1, -0.05) is 26.0 Å². The van der Waals surface area contributed by atoms with E-state index in [4.69, 9.17) is 4.74 Å². The minimum Gasteiger partial charge on any atom is -0.374 e. The first-order chi connectivity index (χ1) is 9.67. The Bertz CT molecular complexity index is 393. The van der Waals surface area contributed by atoms with Crippen molar-refractivity contribution in [1.29, 1.82) is 0 Å². The van der Waals surface area contributed by atoms with Crippen LogP contribution in [-0.4, -0.2) is 58.8 Å². The minimum atomic E-state index is 0.224. The van der Waals surface area contributed by atoms with Crippen LogP contribution in [0, 0.1) is 5.92 Å². The highest BCUT2D eigenvalue weighted by Gasteiger charge is 2.20. The molecule has 1 aromatic rings. The smallest absolute Gasteiger partial charge is 0.0964 e. The molecule has 0 aromatic carbocycles. The summed E-state index contributed by atoms with van der Waals surface area (Å²) in [7, 11) is 0. The number of ether oxygens (including phenoxy) is 1. The molecule has 20 heavy (non-hydrogen) atoms. The van der Waals surface area contributed by atoms with Gasteiger partial charge in [-0.3, -0.25) is 4.90 Å². The molecule has 1 saturated heterocycles. The van der Waals surface area contributed by atoms with Crippen molar-refractivity contribution in [2.75, 3.05) is 32.8 Å². The second kappa shape index (κ2) is 7.71. The fourth-order valence-electron chi connectivity index (χ4n) is 2.38. The third-order valence-corrected chi connectivity index (χ3v) is 3.51. The van der Waals surface area contributed by atoms with Gasteiger partial charge in [0.25, 0.3) is 0 Å². The quantitative estimate of drug-likeness (QED) is 0.799. The van der Waals surface area contributed by atoms with Crippen molar-refractivity contribution in [3.8, 4) is 0 Å². The SMILES string of the molecule is CCN1CCOC(Cn2cc(CNCC(C)C)nn2)C1. The summed E-state index contributed by atoms with van der Waals surface area (Å²) < 4.78 is 7.69. The van der Waals surface area contributed by atoms with Crippen molar-refractivity contribution in [2.24, 2.45) is 5.92 Å². The van der Waals surface area contributed by atoms with Gasteiger partial charge in [0.05, 0.1) is 24.9 Å². The third kappa shape index (κ3) is 4.85. The van der Waals surface area contributed by atoms with E-state index in [-0.39, 0.29) is 6.10 Å². The molecule has 2 rings (SSSR count). The standard InChI is InChI=1S/C14H27N5O/c1-4-18-5-6-20-14(10-18)11-19-9-13(16-17-19)8-15-7-12(2)3/h9,12,14-15H,4-8,10-11H2,1-3H3. The zero-order chi connectivity index (χ0) is 14.4. The van der Waals surface area contributed by atoms with Gasteiger partial charge < -0.3 is 10.1 Å². The average molecular weight is 281 g/mol. The Morgan fingerprint density at radius 1 is 1.50 bits per heavy atom. The summed E-state index contributed by atoms with van der Waals surface area (Å²) in [4.78, 5) is 2.41. The maximum Gasteiger partial charge on any atom is 0.0964 e. The third-order valence-electron chi connectivity index (χ3n) is 3.51. The molecule has 1 fully saturated rings. The Balaban J connectivity index is 1.77. The van der Waals surface area contributed by atoms with Crippen LogP contribution in [0.25, 0.3) is 0 Å². The summed E-state index contributed by atoms with van der Waals surface area (Å²) >= 11 is 0. The number of rotatable bonds is 7.